The predicted octanol–water partition coefficient (Wildman–Crippen LogP) is 2.30. The van der Waals surface area contributed by atoms with Crippen LogP contribution in [-0.4, -0.2) is 18.3 Å². The first kappa shape index (κ1) is 9.03. The van der Waals surface area contributed by atoms with E-state index < -0.39 is 0 Å². The van der Waals surface area contributed by atoms with E-state index in [2.05, 4.69) is 21.2 Å². The van der Waals surface area contributed by atoms with E-state index in [0.717, 1.165) is 22.4 Å². The van der Waals surface area contributed by atoms with Crippen LogP contribution >= 0.6 is 27.3 Å². The lowest BCUT2D eigenvalue weighted by Gasteiger charge is -1.99. The smallest absolute Gasteiger partial charge is 0.0894 e. The molecule has 0 aliphatic carbocycles. The summed E-state index contributed by atoms with van der Waals surface area (Å²) in [5.74, 6) is 0. The SMILES string of the molecule is OCCCNc1cc(Br)cs1. The lowest BCUT2D eigenvalue weighted by atomic mass is 10.4. The van der Waals surface area contributed by atoms with Gasteiger partial charge in [-0.3, -0.25) is 0 Å². The molecule has 0 saturated carbocycles. The standard InChI is InChI=1S/C7H10BrNOS/c8-6-4-7(11-5-6)9-2-1-3-10/h4-5,9-10H,1-3H2. The van der Waals surface area contributed by atoms with E-state index in [-0.39, 0.29) is 6.61 Å². The van der Waals surface area contributed by atoms with E-state index in [1.807, 2.05) is 11.4 Å². The second-order valence-corrected chi connectivity index (χ2v) is 3.96. The van der Waals surface area contributed by atoms with Crippen molar-refractivity contribution in [2.45, 2.75) is 6.42 Å². The molecular weight excluding hydrogens is 226 g/mol. The number of hydrogen-bond acceptors (Lipinski definition) is 3. The molecule has 0 bridgehead atoms. The van der Waals surface area contributed by atoms with Crippen LogP contribution in [0.25, 0.3) is 0 Å². The topological polar surface area (TPSA) is 32.3 Å². The van der Waals surface area contributed by atoms with Crippen LogP contribution in [0.1, 0.15) is 6.42 Å². The van der Waals surface area contributed by atoms with E-state index in [4.69, 9.17) is 5.11 Å². The van der Waals surface area contributed by atoms with Crippen molar-refractivity contribution in [3.8, 4) is 0 Å². The summed E-state index contributed by atoms with van der Waals surface area (Å²) < 4.78 is 1.11. The van der Waals surface area contributed by atoms with Gasteiger partial charge < -0.3 is 10.4 Å². The van der Waals surface area contributed by atoms with Crippen molar-refractivity contribution in [2.24, 2.45) is 0 Å². The Labute approximate surface area is 78.4 Å². The van der Waals surface area contributed by atoms with E-state index in [1.165, 1.54) is 0 Å². The normalized spacial score (nSPS) is 10.0. The van der Waals surface area contributed by atoms with E-state index in [1.54, 1.807) is 11.3 Å². The van der Waals surface area contributed by atoms with E-state index in [0.29, 0.717) is 0 Å². The van der Waals surface area contributed by atoms with Crippen LogP contribution in [0.15, 0.2) is 15.9 Å². The fourth-order valence-corrected chi connectivity index (χ4v) is 2.05. The van der Waals surface area contributed by atoms with Crippen LogP contribution in [-0.2, 0) is 0 Å². The molecule has 0 saturated heterocycles. The first-order valence-corrected chi connectivity index (χ1v) is 5.09. The van der Waals surface area contributed by atoms with Gasteiger partial charge in [-0.1, -0.05) is 0 Å². The lowest BCUT2D eigenvalue weighted by molar-refractivity contribution is 0.292. The molecule has 0 aliphatic rings. The second-order valence-electron chi connectivity index (χ2n) is 2.13. The monoisotopic (exact) mass is 235 g/mol. The molecule has 0 atom stereocenters. The lowest BCUT2D eigenvalue weighted by Crippen LogP contribution is -2.01. The largest absolute Gasteiger partial charge is 0.396 e. The van der Waals surface area contributed by atoms with Crippen LogP contribution < -0.4 is 5.32 Å². The number of rotatable bonds is 4. The molecule has 11 heavy (non-hydrogen) atoms. The summed E-state index contributed by atoms with van der Waals surface area (Å²) >= 11 is 5.02. The minimum Gasteiger partial charge on any atom is -0.396 e. The van der Waals surface area contributed by atoms with E-state index >= 15 is 0 Å². The highest BCUT2D eigenvalue weighted by atomic mass is 79.9. The van der Waals surface area contributed by atoms with Gasteiger partial charge >= 0.3 is 0 Å². The van der Waals surface area contributed by atoms with Crippen molar-refractivity contribution in [1.82, 2.24) is 0 Å². The van der Waals surface area contributed by atoms with Gasteiger partial charge in [-0.25, -0.2) is 0 Å². The number of halogens is 1. The van der Waals surface area contributed by atoms with Gasteiger partial charge in [-0.2, -0.15) is 0 Å². The zero-order chi connectivity index (χ0) is 8.10. The summed E-state index contributed by atoms with van der Waals surface area (Å²) in [6, 6.07) is 2.03. The third kappa shape index (κ3) is 3.22. The maximum atomic E-state index is 8.50. The first-order valence-electron chi connectivity index (χ1n) is 3.41. The number of nitrogens with one attached hydrogen (secondary N) is 1. The minimum absolute atomic E-state index is 0.250. The Kier molecular flexibility index (Phi) is 3.90. The quantitative estimate of drug-likeness (QED) is 0.786. The Morgan fingerprint density at radius 3 is 3.00 bits per heavy atom. The van der Waals surface area contributed by atoms with Gasteiger partial charge in [0.1, 0.15) is 0 Å². The van der Waals surface area contributed by atoms with Crippen LogP contribution in [0.3, 0.4) is 0 Å². The van der Waals surface area contributed by atoms with Crippen LogP contribution in [0, 0.1) is 0 Å². The fourth-order valence-electron chi connectivity index (χ4n) is 0.696. The first-order chi connectivity index (χ1) is 5.33. The van der Waals surface area contributed by atoms with Gasteiger partial charge in [0.2, 0.25) is 0 Å². The zero-order valence-corrected chi connectivity index (χ0v) is 8.41. The van der Waals surface area contributed by atoms with Crippen molar-refractivity contribution < 1.29 is 5.11 Å². The van der Waals surface area contributed by atoms with Crippen LogP contribution in [0.2, 0.25) is 0 Å². The van der Waals surface area contributed by atoms with Crippen molar-refractivity contribution in [2.75, 3.05) is 18.5 Å². The third-order valence-corrected chi connectivity index (χ3v) is 2.85. The van der Waals surface area contributed by atoms with Crippen molar-refractivity contribution >= 4 is 32.3 Å². The molecule has 0 amide bonds. The molecule has 1 aromatic rings. The van der Waals surface area contributed by atoms with Crippen molar-refractivity contribution in [3.63, 3.8) is 0 Å². The summed E-state index contributed by atoms with van der Waals surface area (Å²) in [5, 5.41) is 14.9. The van der Waals surface area contributed by atoms with Gasteiger partial charge in [0.05, 0.1) is 5.00 Å². The Balaban J connectivity index is 2.27. The molecule has 4 heteroatoms. The number of aliphatic hydroxyl groups is 1. The minimum atomic E-state index is 0.250. The molecule has 0 aliphatic heterocycles. The maximum absolute atomic E-state index is 8.50. The van der Waals surface area contributed by atoms with Gasteiger partial charge in [-0.05, 0) is 28.4 Å². The molecule has 0 fully saturated rings. The Hall–Kier alpha value is -0.0600. The third-order valence-electron chi connectivity index (χ3n) is 1.20. The Morgan fingerprint density at radius 1 is 1.64 bits per heavy atom. The van der Waals surface area contributed by atoms with Gasteiger partial charge in [0.15, 0.2) is 0 Å². The highest BCUT2D eigenvalue weighted by molar-refractivity contribution is 9.10. The summed E-state index contributed by atoms with van der Waals surface area (Å²) in [4.78, 5) is 0. The summed E-state index contributed by atoms with van der Waals surface area (Å²) in [6.45, 7) is 1.09. The molecule has 0 aromatic carbocycles. The van der Waals surface area contributed by atoms with Gasteiger partial charge in [-0.15, -0.1) is 11.3 Å². The Bertz CT molecular complexity index is 214. The second kappa shape index (κ2) is 4.74. The number of hydrogen-bond donors (Lipinski definition) is 2. The molecule has 0 unspecified atom stereocenters. The number of aliphatic hydroxyl groups excluding tert-OH is 1. The predicted molar refractivity (Wildman–Crippen MR) is 52.2 cm³/mol. The average molecular weight is 236 g/mol. The molecule has 0 spiro atoms. The molecule has 62 valence electrons. The number of thiophene rings is 1. The molecule has 1 heterocycles. The average Bonchev–Trinajstić information content (AvgIpc) is 2.37. The molecule has 2 nitrogen and oxygen atoms in total. The zero-order valence-electron chi connectivity index (χ0n) is 6.01. The van der Waals surface area contributed by atoms with Crippen LogP contribution in [0.5, 0.6) is 0 Å². The highest BCUT2D eigenvalue weighted by Gasteiger charge is 1.94. The summed E-state index contributed by atoms with van der Waals surface area (Å²) in [7, 11) is 0. The van der Waals surface area contributed by atoms with Crippen molar-refractivity contribution in [3.05, 3.63) is 15.9 Å². The Morgan fingerprint density at radius 2 is 2.45 bits per heavy atom. The summed E-state index contributed by atoms with van der Waals surface area (Å²) in [5.41, 5.74) is 0. The maximum Gasteiger partial charge on any atom is 0.0894 e. The number of anilines is 1. The fraction of sp³-hybridized carbons (Fsp3) is 0.429. The molecule has 0 radical (unpaired) electrons. The van der Waals surface area contributed by atoms with E-state index in [9.17, 15) is 0 Å². The van der Waals surface area contributed by atoms with Gasteiger partial charge in [0, 0.05) is 23.0 Å². The molecular formula is C7H10BrNOS. The van der Waals surface area contributed by atoms with Gasteiger partial charge in [0.25, 0.3) is 0 Å². The highest BCUT2D eigenvalue weighted by Crippen LogP contribution is 2.24. The summed E-state index contributed by atoms with van der Waals surface area (Å²) in [6.07, 6.45) is 0.801. The molecule has 1 rings (SSSR count). The van der Waals surface area contributed by atoms with Crippen LogP contribution in [0.4, 0.5) is 5.00 Å². The molecule has 1 aromatic heterocycles. The molecule has 2 N–H and O–H groups in total. The van der Waals surface area contributed by atoms with Crippen molar-refractivity contribution in [1.29, 1.82) is 0 Å².